The Hall–Kier alpha value is -3.79. The lowest BCUT2D eigenvalue weighted by Crippen LogP contribution is -2.61. The molecule has 4 atom stereocenters. The maximum absolute atomic E-state index is 13.1. The Morgan fingerprint density at radius 2 is 1.87 bits per heavy atom. The molecule has 10 nitrogen and oxygen atoms in total. The lowest BCUT2D eigenvalue weighted by molar-refractivity contribution is -0.157. The van der Waals surface area contributed by atoms with E-state index in [1.807, 2.05) is 44.2 Å². The standard InChI is InChI=1S/C28H35N5O5/c1-16(2)25-26(35)30-17(3)27(36)33-12-6-8-23(32-33)28(37)38-18(4)21-14-20-13-19(7-5-9-24(34)31-25)10-11-22(20)29-15-21/h5,7,10-11,13-18,23,25,32H,6,8-9,12H2,1-4H3,(H,30,35)(H,31,34)/b7-5+/t17-,18+,23-,25-/m0/s1. The first-order chi connectivity index (χ1) is 18.1. The number of rotatable bonds is 1. The number of hydrazine groups is 1. The van der Waals surface area contributed by atoms with E-state index in [4.69, 9.17) is 4.74 Å². The summed E-state index contributed by atoms with van der Waals surface area (Å²) in [5.41, 5.74) is 5.40. The Morgan fingerprint density at radius 3 is 2.63 bits per heavy atom. The van der Waals surface area contributed by atoms with Crippen molar-refractivity contribution in [2.24, 2.45) is 5.92 Å². The first-order valence-corrected chi connectivity index (χ1v) is 13.1. The molecule has 1 fully saturated rings. The third-order valence-corrected chi connectivity index (χ3v) is 6.83. The van der Waals surface area contributed by atoms with E-state index in [0.29, 0.717) is 19.4 Å². The van der Waals surface area contributed by atoms with Crippen molar-refractivity contribution >= 4 is 40.7 Å². The number of esters is 1. The van der Waals surface area contributed by atoms with Crippen LogP contribution in [0.15, 0.2) is 36.5 Å². The maximum atomic E-state index is 13.1. The fraction of sp³-hybridized carbons (Fsp3) is 0.464. The molecule has 0 spiro atoms. The topological polar surface area (TPSA) is 130 Å². The minimum atomic E-state index is -0.861. The number of ether oxygens (including phenoxy) is 1. The lowest BCUT2D eigenvalue weighted by Gasteiger charge is -2.35. The molecule has 10 heteroatoms. The van der Waals surface area contributed by atoms with Crippen molar-refractivity contribution in [2.45, 2.75) is 71.2 Å². The molecule has 1 aromatic heterocycles. The van der Waals surface area contributed by atoms with Gasteiger partial charge in [-0.3, -0.25) is 29.2 Å². The number of benzene rings is 1. The number of cyclic esters (lactones) is 1. The Balaban J connectivity index is 1.64. The molecule has 2 aliphatic rings. The highest BCUT2D eigenvalue weighted by atomic mass is 16.5. The summed E-state index contributed by atoms with van der Waals surface area (Å²) in [6, 6.07) is 5.33. The fourth-order valence-corrected chi connectivity index (χ4v) is 4.60. The zero-order valence-electron chi connectivity index (χ0n) is 22.2. The van der Waals surface area contributed by atoms with Gasteiger partial charge in [0.1, 0.15) is 24.2 Å². The summed E-state index contributed by atoms with van der Waals surface area (Å²) >= 11 is 0. The van der Waals surface area contributed by atoms with Crippen LogP contribution in [0.2, 0.25) is 0 Å². The Morgan fingerprint density at radius 1 is 1.08 bits per heavy atom. The van der Waals surface area contributed by atoms with E-state index >= 15 is 0 Å². The highest BCUT2D eigenvalue weighted by Gasteiger charge is 2.33. The monoisotopic (exact) mass is 521 g/mol. The zero-order valence-corrected chi connectivity index (χ0v) is 22.2. The van der Waals surface area contributed by atoms with E-state index in [2.05, 4.69) is 21.0 Å². The van der Waals surface area contributed by atoms with Gasteiger partial charge in [0, 0.05) is 30.1 Å². The molecule has 3 heterocycles. The molecule has 3 amide bonds. The van der Waals surface area contributed by atoms with Crippen molar-refractivity contribution in [2.75, 3.05) is 6.54 Å². The molecule has 0 radical (unpaired) electrons. The SMILES string of the molecule is CC(C)[C@@H]1NC(=O)C/C=C/c2ccc3ncc(cc3c2)[C@@H](C)OC(=O)[C@@H]2CCCN(N2)C(=O)[C@H](C)NC1=O. The van der Waals surface area contributed by atoms with Crippen molar-refractivity contribution in [1.82, 2.24) is 26.1 Å². The maximum Gasteiger partial charge on any atom is 0.325 e. The molecule has 2 aromatic rings. The number of carbonyl (C=O) groups is 4. The van der Waals surface area contributed by atoms with Crippen LogP contribution in [-0.4, -0.2) is 58.4 Å². The molecule has 1 aromatic carbocycles. The van der Waals surface area contributed by atoms with Gasteiger partial charge in [0.15, 0.2) is 0 Å². The highest BCUT2D eigenvalue weighted by Crippen LogP contribution is 2.23. The second-order valence-electron chi connectivity index (χ2n) is 10.2. The van der Waals surface area contributed by atoms with E-state index in [0.717, 1.165) is 22.0 Å². The number of carbonyl (C=O) groups excluding carboxylic acids is 4. The summed E-state index contributed by atoms with van der Waals surface area (Å²) in [5.74, 6) is -1.77. The van der Waals surface area contributed by atoms with Crippen molar-refractivity contribution < 1.29 is 23.9 Å². The van der Waals surface area contributed by atoms with Gasteiger partial charge in [-0.25, -0.2) is 5.43 Å². The zero-order chi connectivity index (χ0) is 27.4. The molecule has 3 N–H and O–H groups in total. The number of amides is 3. The van der Waals surface area contributed by atoms with Gasteiger partial charge >= 0.3 is 5.97 Å². The van der Waals surface area contributed by atoms with Crippen LogP contribution >= 0.6 is 0 Å². The van der Waals surface area contributed by atoms with E-state index in [-0.39, 0.29) is 24.2 Å². The number of hydrogen-bond donors (Lipinski definition) is 3. The van der Waals surface area contributed by atoms with E-state index in [9.17, 15) is 19.2 Å². The van der Waals surface area contributed by atoms with Gasteiger partial charge in [-0.05, 0) is 56.4 Å². The van der Waals surface area contributed by atoms with Crippen LogP contribution in [0.25, 0.3) is 17.0 Å². The van der Waals surface area contributed by atoms with Crippen LogP contribution in [0.1, 0.15) is 64.2 Å². The van der Waals surface area contributed by atoms with Gasteiger partial charge in [0.25, 0.3) is 5.91 Å². The summed E-state index contributed by atoms with van der Waals surface area (Å²) in [6.45, 7) is 7.42. The van der Waals surface area contributed by atoms with E-state index < -0.39 is 36.1 Å². The highest BCUT2D eigenvalue weighted by molar-refractivity contribution is 5.92. The normalized spacial score (nSPS) is 26.6. The van der Waals surface area contributed by atoms with Crippen LogP contribution in [0.3, 0.4) is 0 Å². The smallest absolute Gasteiger partial charge is 0.325 e. The number of nitrogens with zero attached hydrogens (tertiary/aromatic N) is 2. The van der Waals surface area contributed by atoms with Crippen molar-refractivity contribution in [1.29, 1.82) is 0 Å². The van der Waals surface area contributed by atoms with Crippen LogP contribution in [0.4, 0.5) is 0 Å². The number of fused-ring (bicyclic) bond motifs is 4. The predicted octanol–water partition coefficient (Wildman–Crippen LogP) is 2.40. The number of pyridine rings is 1. The van der Waals surface area contributed by atoms with Gasteiger partial charge in [0.05, 0.1) is 5.52 Å². The van der Waals surface area contributed by atoms with Crippen LogP contribution in [-0.2, 0) is 23.9 Å². The molecule has 1 saturated heterocycles. The van der Waals surface area contributed by atoms with Gasteiger partial charge < -0.3 is 15.4 Å². The predicted molar refractivity (Wildman–Crippen MR) is 142 cm³/mol. The van der Waals surface area contributed by atoms with Crippen LogP contribution < -0.4 is 16.1 Å². The fourth-order valence-electron chi connectivity index (χ4n) is 4.60. The molecule has 38 heavy (non-hydrogen) atoms. The minimum absolute atomic E-state index is 0.0907. The third-order valence-electron chi connectivity index (χ3n) is 6.83. The molecule has 2 aliphatic heterocycles. The first-order valence-electron chi connectivity index (χ1n) is 13.1. The molecule has 5 bridgehead atoms. The number of hydrogen-bond acceptors (Lipinski definition) is 7. The summed E-state index contributed by atoms with van der Waals surface area (Å²) < 4.78 is 5.74. The third kappa shape index (κ3) is 6.36. The van der Waals surface area contributed by atoms with E-state index in [1.165, 1.54) is 5.01 Å². The molecule has 4 rings (SSSR count). The Kier molecular flexibility index (Phi) is 8.41. The second kappa shape index (κ2) is 11.7. The number of nitrogens with one attached hydrogen (secondary N) is 3. The van der Waals surface area contributed by atoms with Gasteiger partial charge in [-0.15, -0.1) is 0 Å². The molecular weight excluding hydrogens is 486 g/mol. The minimum Gasteiger partial charge on any atom is -0.457 e. The molecule has 0 aliphatic carbocycles. The molecule has 0 unspecified atom stereocenters. The van der Waals surface area contributed by atoms with Gasteiger partial charge in [-0.2, -0.15) is 0 Å². The van der Waals surface area contributed by atoms with Crippen molar-refractivity contribution in [3.63, 3.8) is 0 Å². The molecular formula is C28H35N5O5. The Labute approximate surface area is 222 Å². The Bertz CT molecular complexity index is 1260. The lowest BCUT2D eigenvalue weighted by atomic mass is 10.0. The first kappa shape index (κ1) is 27.3. The van der Waals surface area contributed by atoms with E-state index in [1.54, 1.807) is 26.1 Å². The summed E-state index contributed by atoms with van der Waals surface area (Å²) in [6.07, 6.45) is 5.93. The average Bonchev–Trinajstić information content (AvgIpc) is 2.90. The molecule has 202 valence electrons. The van der Waals surface area contributed by atoms with Crippen LogP contribution in [0.5, 0.6) is 0 Å². The average molecular weight is 522 g/mol. The number of aromatic nitrogens is 1. The van der Waals surface area contributed by atoms with Gasteiger partial charge in [0.2, 0.25) is 11.8 Å². The summed E-state index contributed by atoms with van der Waals surface area (Å²) in [5, 5.41) is 7.74. The van der Waals surface area contributed by atoms with Crippen LogP contribution in [0, 0.1) is 5.92 Å². The molecule has 0 saturated carbocycles. The summed E-state index contributed by atoms with van der Waals surface area (Å²) in [4.78, 5) is 56.2. The second-order valence-corrected chi connectivity index (χ2v) is 10.2. The van der Waals surface area contributed by atoms with Gasteiger partial charge in [-0.1, -0.05) is 32.1 Å². The largest absolute Gasteiger partial charge is 0.457 e. The van der Waals surface area contributed by atoms with Crippen molar-refractivity contribution in [3.8, 4) is 0 Å². The summed E-state index contributed by atoms with van der Waals surface area (Å²) in [7, 11) is 0. The van der Waals surface area contributed by atoms with Crippen molar-refractivity contribution in [3.05, 3.63) is 47.7 Å². The quantitative estimate of drug-likeness (QED) is 0.492.